The molecule has 0 radical (unpaired) electrons. The van der Waals surface area contributed by atoms with Gasteiger partial charge >= 0.3 is 12.8 Å². The molecule has 1 fully saturated rings. The summed E-state index contributed by atoms with van der Waals surface area (Å²) in [6.45, 7) is 7.88. The minimum Gasteiger partial charge on any atom is -0.494 e. The van der Waals surface area contributed by atoms with Gasteiger partial charge in [-0.3, -0.25) is 14.2 Å². The van der Waals surface area contributed by atoms with Gasteiger partial charge in [-0.1, -0.05) is 41.9 Å². The Labute approximate surface area is 220 Å². The number of amides is 1. The van der Waals surface area contributed by atoms with Gasteiger partial charge in [-0.2, -0.15) is 0 Å². The number of nitrogens with zero attached hydrogens (tertiary/aromatic N) is 2. The van der Waals surface area contributed by atoms with Crippen LogP contribution in [-0.4, -0.2) is 40.5 Å². The van der Waals surface area contributed by atoms with Crippen LogP contribution < -0.4 is 26.8 Å². The number of hydrogen-bond acceptors (Lipinski definition) is 6. The maximum absolute atomic E-state index is 13.0. The van der Waals surface area contributed by atoms with Crippen LogP contribution in [0.3, 0.4) is 0 Å². The van der Waals surface area contributed by atoms with E-state index in [-0.39, 0.29) is 5.56 Å². The summed E-state index contributed by atoms with van der Waals surface area (Å²) in [4.78, 5) is 37.6. The van der Waals surface area contributed by atoms with Gasteiger partial charge < -0.3 is 23.9 Å². The van der Waals surface area contributed by atoms with Crippen molar-refractivity contribution in [2.45, 2.75) is 38.9 Å². The number of anilines is 1. The summed E-state index contributed by atoms with van der Waals surface area (Å²) in [5.74, 6) is -0.325. The fourth-order valence-corrected chi connectivity index (χ4v) is 4.45. The van der Waals surface area contributed by atoms with Crippen molar-refractivity contribution >= 4 is 35.8 Å². The van der Waals surface area contributed by atoms with Crippen LogP contribution in [0.1, 0.15) is 38.1 Å². The van der Waals surface area contributed by atoms with Crippen LogP contribution in [0, 0.1) is 0 Å². The summed E-state index contributed by atoms with van der Waals surface area (Å²) in [6.07, 6.45) is 1.21. The van der Waals surface area contributed by atoms with E-state index in [0.717, 1.165) is 4.57 Å². The number of benzene rings is 2. The standard InChI is InChI=1S/C26H29BClN3O6/c1-25(2)26(3,4)37-27(36-25)18-12-8-10-15(20(18)28)16-11-9-13-19(21(16)35-7)29-22(32)17-14-30(5)24(34)31(6)23(17)33/h8-14H,1-7H3,(H,29,32). The van der Waals surface area contributed by atoms with E-state index in [1.807, 2.05) is 52.0 Å². The van der Waals surface area contributed by atoms with Gasteiger partial charge in [0, 0.05) is 41.9 Å². The van der Waals surface area contributed by atoms with E-state index in [1.165, 1.54) is 32.0 Å². The summed E-state index contributed by atoms with van der Waals surface area (Å²) in [5.41, 5.74) is -0.199. The molecule has 1 aliphatic heterocycles. The number of para-hydroxylation sites is 1. The van der Waals surface area contributed by atoms with Crippen LogP contribution in [0.25, 0.3) is 11.1 Å². The maximum Gasteiger partial charge on any atom is 0.496 e. The van der Waals surface area contributed by atoms with Crippen LogP contribution in [0.4, 0.5) is 5.69 Å². The van der Waals surface area contributed by atoms with Crippen molar-refractivity contribution in [2.75, 3.05) is 12.4 Å². The second-order valence-corrected chi connectivity index (χ2v) is 10.3. The number of aryl methyl sites for hydroxylation is 1. The van der Waals surface area contributed by atoms with E-state index < -0.39 is 35.5 Å². The smallest absolute Gasteiger partial charge is 0.494 e. The molecule has 194 valence electrons. The van der Waals surface area contributed by atoms with Gasteiger partial charge in [0.05, 0.1) is 24.0 Å². The molecule has 9 nitrogen and oxygen atoms in total. The Hall–Kier alpha value is -3.34. The molecule has 2 aromatic carbocycles. The van der Waals surface area contributed by atoms with E-state index in [9.17, 15) is 14.4 Å². The highest BCUT2D eigenvalue weighted by Gasteiger charge is 2.52. The molecule has 4 rings (SSSR count). The van der Waals surface area contributed by atoms with Gasteiger partial charge in [0.2, 0.25) is 0 Å². The number of ether oxygens (including phenoxy) is 1. The molecule has 0 aliphatic carbocycles. The van der Waals surface area contributed by atoms with Crippen molar-refractivity contribution in [3.63, 3.8) is 0 Å². The third-order valence-electron chi connectivity index (χ3n) is 6.98. The van der Waals surface area contributed by atoms with Crippen molar-refractivity contribution in [2.24, 2.45) is 14.1 Å². The second-order valence-electron chi connectivity index (χ2n) is 9.94. The fourth-order valence-electron chi connectivity index (χ4n) is 4.13. The molecule has 0 saturated carbocycles. The van der Waals surface area contributed by atoms with E-state index in [1.54, 1.807) is 12.1 Å². The molecule has 37 heavy (non-hydrogen) atoms. The summed E-state index contributed by atoms with van der Waals surface area (Å²) >= 11 is 6.88. The lowest BCUT2D eigenvalue weighted by atomic mass is 9.77. The van der Waals surface area contributed by atoms with Crippen LogP contribution in [0.5, 0.6) is 5.75 Å². The molecule has 0 atom stereocenters. The molecule has 1 saturated heterocycles. The zero-order valence-corrected chi connectivity index (χ0v) is 22.6. The average molecular weight is 526 g/mol. The largest absolute Gasteiger partial charge is 0.496 e. The number of carbonyl (C=O) groups is 1. The van der Waals surface area contributed by atoms with Gasteiger partial charge in [0.25, 0.3) is 11.5 Å². The number of nitrogens with one attached hydrogen (secondary N) is 1. The van der Waals surface area contributed by atoms with Gasteiger partial charge in [-0.25, -0.2) is 4.79 Å². The molecule has 1 aromatic heterocycles. The summed E-state index contributed by atoms with van der Waals surface area (Å²) in [6, 6.07) is 10.7. The van der Waals surface area contributed by atoms with Crippen molar-refractivity contribution in [3.05, 3.63) is 74.0 Å². The summed E-state index contributed by atoms with van der Waals surface area (Å²) < 4.78 is 20.1. The first-order valence-corrected chi connectivity index (χ1v) is 12.1. The zero-order chi connectivity index (χ0) is 27.3. The molecule has 0 spiro atoms. The first kappa shape index (κ1) is 26.7. The molecule has 0 unspecified atom stereocenters. The summed E-state index contributed by atoms with van der Waals surface area (Å²) in [7, 11) is 3.60. The topological polar surface area (TPSA) is 101 Å². The third-order valence-corrected chi connectivity index (χ3v) is 7.41. The van der Waals surface area contributed by atoms with E-state index >= 15 is 0 Å². The number of rotatable bonds is 5. The molecule has 1 aliphatic rings. The van der Waals surface area contributed by atoms with E-state index in [2.05, 4.69) is 5.32 Å². The fraction of sp³-hybridized carbons (Fsp3) is 0.346. The van der Waals surface area contributed by atoms with Gasteiger partial charge in [0.1, 0.15) is 11.3 Å². The highest BCUT2D eigenvalue weighted by molar-refractivity contribution is 6.66. The third kappa shape index (κ3) is 4.61. The highest BCUT2D eigenvalue weighted by Crippen LogP contribution is 2.41. The van der Waals surface area contributed by atoms with E-state index in [0.29, 0.717) is 33.0 Å². The summed E-state index contributed by atoms with van der Waals surface area (Å²) in [5, 5.41) is 3.15. The predicted molar refractivity (Wildman–Crippen MR) is 144 cm³/mol. The van der Waals surface area contributed by atoms with Crippen LogP contribution in [-0.2, 0) is 23.4 Å². The average Bonchev–Trinajstić information content (AvgIpc) is 3.06. The number of methoxy groups -OCH3 is 1. The highest BCUT2D eigenvalue weighted by atomic mass is 35.5. The number of hydrogen-bond donors (Lipinski definition) is 1. The van der Waals surface area contributed by atoms with Crippen molar-refractivity contribution in [3.8, 4) is 16.9 Å². The SMILES string of the molecule is COc1c(NC(=O)c2cn(C)c(=O)n(C)c2=O)cccc1-c1cccc(B2OC(C)(C)C(C)(C)O2)c1Cl. The molecular formula is C26H29BClN3O6. The molecule has 3 aromatic rings. The first-order chi connectivity index (χ1) is 17.3. The molecule has 2 heterocycles. The van der Waals surface area contributed by atoms with Crippen LogP contribution in [0.15, 0.2) is 52.2 Å². The lowest BCUT2D eigenvalue weighted by molar-refractivity contribution is 0.00578. The number of halogens is 1. The minimum atomic E-state index is -0.700. The van der Waals surface area contributed by atoms with Crippen LogP contribution >= 0.6 is 11.6 Å². The Morgan fingerprint density at radius 1 is 1.00 bits per heavy atom. The lowest BCUT2D eigenvalue weighted by Gasteiger charge is -2.32. The Kier molecular flexibility index (Phi) is 6.87. The Balaban J connectivity index is 1.74. The van der Waals surface area contributed by atoms with E-state index in [4.69, 9.17) is 25.6 Å². The quantitative estimate of drug-likeness (QED) is 0.514. The monoisotopic (exact) mass is 525 g/mol. The van der Waals surface area contributed by atoms with Crippen molar-refractivity contribution < 1.29 is 18.8 Å². The van der Waals surface area contributed by atoms with Gasteiger partial charge in [-0.15, -0.1) is 0 Å². The van der Waals surface area contributed by atoms with Crippen LogP contribution in [0.2, 0.25) is 5.02 Å². The molecule has 1 amide bonds. The first-order valence-electron chi connectivity index (χ1n) is 11.7. The minimum absolute atomic E-state index is 0.183. The number of aromatic nitrogens is 2. The molecule has 1 N–H and O–H groups in total. The molecule has 0 bridgehead atoms. The Morgan fingerprint density at radius 2 is 1.59 bits per heavy atom. The van der Waals surface area contributed by atoms with Crippen molar-refractivity contribution in [1.82, 2.24) is 9.13 Å². The lowest BCUT2D eigenvalue weighted by Crippen LogP contribution is -2.41. The van der Waals surface area contributed by atoms with Crippen molar-refractivity contribution in [1.29, 1.82) is 0 Å². The number of carbonyl (C=O) groups excluding carboxylic acids is 1. The Morgan fingerprint density at radius 3 is 2.22 bits per heavy atom. The normalized spacial score (nSPS) is 16.1. The second kappa shape index (κ2) is 9.52. The zero-order valence-electron chi connectivity index (χ0n) is 21.8. The maximum atomic E-state index is 13.0. The Bertz CT molecular complexity index is 1500. The molecular weight excluding hydrogens is 497 g/mol. The van der Waals surface area contributed by atoms with Gasteiger partial charge in [-0.05, 0) is 33.8 Å². The predicted octanol–water partition coefficient (Wildman–Crippen LogP) is 2.96. The molecule has 11 heteroatoms. The van der Waals surface area contributed by atoms with Gasteiger partial charge in [0.15, 0.2) is 0 Å².